The largest absolute Gasteiger partial charge is 0.486 e. The molecule has 0 radical (unpaired) electrons. The van der Waals surface area contributed by atoms with Crippen LogP contribution in [0.15, 0.2) is 39.4 Å². The van der Waals surface area contributed by atoms with Gasteiger partial charge in [-0.25, -0.2) is 5.43 Å². The summed E-state index contributed by atoms with van der Waals surface area (Å²) in [5.74, 6) is 7.84. The average molecular weight is 325 g/mol. The summed E-state index contributed by atoms with van der Waals surface area (Å²) < 4.78 is 17.4. The van der Waals surface area contributed by atoms with E-state index in [2.05, 4.69) is 21.4 Å². The van der Waals surface area contributed by atoms with Crippen molar-refractivity contribution in [3.8, 4) is 11.5 Å². The summed E-state index contributed by atoms with van der Waals surface area (Å²) in [6, 6.07) is 7.31. The van der Waals surface area contributed by atoms with Crippen LogP contribution in [-0.4, -0.2) is 13.2 Å². The molecular formula is C13H13BrN2O3. The fourth-order valence-corrected chi connectivity index (χ4v) is 2.50. The summed E-state index contributed by atoms with van der Waals surface area (Å²) >= 11 is 3.43. The number of halogens is 1. The van der Waals surface area contributed by atoms with Crippen molar-refractivity contribution in [2.24, 2.45) is 5.84 Å². The van der Waals surface area contributed by atoms with Crippen molar-refractivity contribution in [3.63, 3.8) is 0 Å². The maximum Gasteiger partial charge on any atom is 0.161 e. The standard InChI is InChI=1S/C13H13BrN2O3/c14-9-3-4-19-13(9)12(16-15)8-1-2-10-11(7-8)18-6-5-17-10/h1-4,7,12,16H,5-6,15H2. The van der Waals surface area contributed by atoms with Crippen molar-refractivity contribution in [2.45, 2.75) is 6.04 Å². The summed E-state index contributed by atoms with van der Waals surface area (Å²) in [5.41, 5.74) is 3.69. The van der Waals surface area contributed by atoms with E-state index in [0.717, 1.165) is 27.3 Å². The molecule has 5 nitrogen and oxygen atoms in total. The van der Waals surface area contributed by atoms with E-state index in [1.807, 2.05) is 24.3 Å². The smallest absolute Gasteiger partial charge is 0.161 e. The molecule has 2 heterocycles. The number of fused-ring (bicyclic) bond motifs is 1. The maximum atomic E-state index is 5.64. The zero-order chi connectivity index (χ0) is 13.2. The lowest BCUT2D eigenvalue weighted by atomic mass is 10.0. The second kappa shape index (κ2) is 5.24. The van der Waals surface area contributed by atoms with E-state index >= 15 is 0 Å². The van der Waals surface area contributed by atoms with E-state index in [-0.39, 0.29) is 6.04 Å². The monoisotopic (exact) mass is 324 g/mol. The highest BCUT2D eigenvalue weighted by molar-refractivity contribution is 9.10. The Labute approximate surface area is 118 Å². The second-order valence-corrected chi connectivity index (χ2v) is 4.99. The number of ether oxygens (including phenoxy) is 2. The quantitative estimate of drug-likeness (QED) is 0.670. The molecule has 0 amide bonds. The van der Waals surface area contributed by atoms with E-state index in [1.165, 1.54) is 0 Å². The second-order valence-electron chi connectivity index (χ2n) is 4.14. The molecule has 0 saturated carbocycles. The third-order valence-electron chi connectivity index (χ3n) is 2.97. The zero-order valence-electron chi connectivity index (χ0n) is 10.1. The molecule has 0 fully saturated rings. The zero-order valence-corrected chi connectivity index (χ0v) is 11.6. The third-order valence-corrected chi connectivity index (χ3v) is 3.63. The van der Waals surface area contributed by atoms with Gasteiger partial charge in [0.1, 0.15) is 25.0 Å². The number of hydrogen-bond donors (Lipinski definition) is 2. The van der Waals surface area contributed by atoms with Gasteiger partial charge in [-0.15, -0.1) is 0 Å². The molecule has 0 saturated heterocycles. The minimum Gasteiger partial charge on any atom is -0.486 e. The van der Waals surface area contributed by atoms with Gasteiger partial charge in [0.05, 0.1) is 10.7 Å². The van der Waals surface area contributed by atoms with Gasteiger partial charge in [0.2, 0.25) is 0 Å². The minimum absolute atomic E-state index is 0.250. The van der Waals surface area contributed by atoms with Gasteiger partial charge in [-0.2, -0.15) is 0 Å². The first-order valence-corrected chi connectivity index (χ1v) is 6.67. The summed E-state index contributed by atoms with van der Waals surface area (Å²) in [5, 5.41) is 0. The van der Waals surface area contributed by atoms with Crippen molar-refractivity contribution < 1.29 is 13.9 Å². The molecular weight excluding hydrogens is 312 g/mol. The fourth-order valence-electron chi connectivity index (χ4n) is 2.07. The number of furan rings is 1. The van der Waals surface area contributed by atoms with Gasteiger partial charge in [0, 0.05) is 0 Å². The highest BCUT2D eigenvalue weighted by atomic mass is 79.9. The van der Waals surface area contributed by atoms with Crippen LogP contribution in [0.5, 0.6) is 11.5 Å². The van der Waals surface area contributed by atoms with Crippen LogP contribution in [0, 0.1) is 0 Å². The van der Waals surface area contributed by atoms with Gasteiger partial charge in [0.15, 0.2) is 11.5 Å². The molecule has 0 aliphatic carbocycles. The summed E-state index contributed by atoms with van der Waals surface area (Å²) in [6.07, 6.45) is 1.61. The predicted molar refractivity (Wildman–Crippen MR) is 73.0 cm³/mol. The maximum absolute atomic E-state index is 5.64. The Balaban J connectivity index is 1.98. The molecule has 0 bridgehead atoms. The topological polar surface area (TPSA) is 69.7 Å². The molecule has 1 aromatic carbocycles. The molecule has 2 aromatic rings. The highest BCUT2D eigenvalue weighted by Gasteiger charge is 2.21. The van der Waals surface area contributed by atoms with Crippen LogP contribution in [0.4, 0.5) is 0 Å². The highest BCUT2D eigenvalue weighted by Crippen LogP contribution is 2.35. The van der Waals surface area contributed by atoms with E-state index in [9.17, 15) is 0 Å². The normalized spacial score (nSPS) is 15.3. The van der Waals surface area contributed by atoms with Crippen LogP contribution in [-0.2, 0) is 0 Å². The van der Waals surface area contributed by atoms with Gasteiger partial charge in [0.25, 0.3) is 0 Å². The summed E-state index contributed by atoms with van der Waals surface area (Å²) in [7, 11) is 0. The SMILES string of the molecule is NNC(c1ccc2c(c1)OCCO2)c1occc1Br. The van der Waals surface area contributed by atoms with Gasteiger partial charge in [-0.05, 0) is 39.7 Å². The molecule has 1 unspecified atom stereocenters. The van der Waals surface area contributed by atoms with Crippen LogP contribution in [0.1, 0.15) is 17.4 Å². The van der Waals surface area contributed by atoms with Crippen molar-refractivity contribution in [2.75, 3.05) is 13.2 Å². The number of benzene rings is 1. The van der Waals surface area contributed by atoms with Crippen LogP contribution in [0.2, 0.25) is 0 Å². The Morgan fingerprint density at radius 1 is 1.16 bits per heavy atom. The van der Waals surface area contributed by atoms with Crippen molar-refractivity contribution in [1.29, 1.82) is 0 Å². The Morgan fingerprint density at radius 2 is 1.95 bits per heavy atom. The molecule has 1 atom stereocenters. The van der Waals surface area contributed by atoms with Crippen LogP contribution in [0.25, 0.3) is 0 Å². The Kier molecular flexibility index (Phi) is 3.46. The summed E-state index contributed by atoms with van der Waals surface area (Å²) in [6.45, 7) is 1.14. The van der Waals surface area contributed by atoms with E-state index in [1.54, 1.807) is 6.26 Å². The minimum atomic E-state index is -0.250. The lowest BCUT2D eigenvalue weighted by Gasteiger charge is -2.21. The Hall–Kier alpha value is -1.50. The van der Waals surface area contributed by atoms with Crippen LogP contribution < -0.4 is 20.7 Å². The third kappa shape index (κ3) is 2.34. The van der Waals surface area contributed by atoms with E-state index in [0.29, 0.717) is 13.2 Å². The van der Waals surface area contributed by atoms with E-state index < -0.39 is 0 Å². The molecule has 0 spiro atoms. The van der Waals surface area contributed by atoms with Crippen molar-refractivity contribution >= 4 is 15.9 Å². The van der Waals surface area contributed by atoms with Gasteiger partial charge >= 0.3 is 0 Å². The number of rotatable bonds is 3. The average Bonchev–Trinajstić information content (AvgIpc) is 2.86. The van der Waals surface area contributed by atoms with Gasteiger partial charge in [-0.3, -0.25) is 5.84 Å². The lowest BCUT2D eigenvalue weighted by molar-refractivity contribution is 0.171. The van der Waals surface area contributed by atoms with Crippen LogP contribution in [0.3, 0.4) is 0 Å². The lowest BCUT2D eigenvalue weighted by Crippen LogP contribution is -2.29. The van der Waals surface area contributed by atoms with Crippen molar-refractivity contribution in [1.82, 2.24) is 5.43 Å². The number of hydrogen-bond acceptors (Lipinski definition) is 5. The number of nitrogens with two attached hydrogens (primary N) is 1. The molecule has 3 N–H and O–H groups in total. The molecule has 1 aliphatic heterocycles. The molecule has 6 heteroatoms. The van der Waals surface area contributed by atoms with Gasteiger partial charge in [-0.1, -0.05) is 6.07 Å². The Morgan fingerprint density at radius 3 is 2.63 bits per heavy atom. The van der Waals surface area contributed by atoms with Gasteiger partial charge < -0.3 is 13.9 Å². The van der Waals surface area contributed by atoms with Crippen LogP contribution >= 0.6 is 15.9 Å². The number of hydrazine groups is 1. The van der Waals surface area contributed by atoms with E-state index in [4.69, 9.17) is 19.7 Å². The molecule has 1 aromatic heterocycles. The molecule has 3 rings (SSSR count). The fraction of sp³-hybridized carbons (Fsp3) is 0.231. The number of nitrogens with one attached hydrogen (secondary N) is 1. The summed E-state index contributed by atoms with van der Waals surface area (Å²) in [4.78, 5) is 0. The molecule has 100 valence electrons. The van der Waals surface area contributed by atoms with Crippen molar-refractivity contribution in [3.05, 3.63) is 46.3 Å². The molecule has 19 heavy (non-hydrogen) atoms. The predicted octanol–water partition coefficient (Wildman–Crippen LogP) is 2.37. The Bertz CT molecular complexity index is 585. The first kappa shape index (κ1) is 12.5. The first-order chi connectivity index (χ1) is 9.29. The first-order valence-electron chi connectivity index (χ1n) is 5.88. The molecule has 1 aliphatic rings.